The molecule has 1 atom stereocenters. The van der Waals surface area contributed by atoms with E-state index in [1.54, 1.807) is 0 Å². The maximum absolute atomic E-state index is 2.27. The van der Waals surface area contributed by atoms with Crippen LogP contribution in [0.4, 0.5) is 0 Å². The lowest BCUT2D eigenvalue weighted by atomic mass is 10.9. The van der Waals surface area contributed by atoms with Crippen molar-refractivity contribution in [2.45, 2.75) is 11.5 Å². The van der Waals surface area contributed by atoms with Crippen LogP contribution in [0.25, 0.3) is 0 Å². The zero-order chi connectivity index (χ0) is 5.11. The van der Waals surface area contributed by atoms with Gasteiger partial charge in [0.2, 0.25) is 0 Å². The third-order valence-corrected chi connectivity index (χ3v) is 5.50. The molecule has 1 unspecified atom stereocenters. The molecule has 3 heteroatoms. The normalized spacial score (nSPS) is 33.0. The summed E-state index contributed by atoms with van der Waals surface area (Å²) in [5.74, 6) is 2.68. The van der Waals surface area contributed by atoms with Crippen molar-refractivity contribution in [1.29, 1.82) is 0 Å². The summed E-state index contributed by atoms with van der Waals surface area (Å²) in [5.41, 5.74) is 0. The second kappa shape index (κ2) is 3.15. The largest absolute Gasteiger partial charge is 0.146 e. The van der Waals surface area contributed by atoms with Gasteiger partial charge in [0.15, 0.2) is 0 Å². The van der Waals surface area contributed by atoms with Crippen LogP contribution in [0.15, 0.2) is 0 Å². The Hall–Kier alpha value is 1.05. The summed E-state index contributed by atoms with van der Waals surface area (Å²) in [5, 5.41) is 0. The van der Waals surface area contributed by atoms with Crippen molar-refractivity contribution in [3.63, 3.8) is 0 Å². The summed E-state index contributed by atoms with van der Waals surface area (Å²) < 4.78 is 0.832. The molecule has 0 bridgehead atoms. The van der Waals surface area contributed by atoms with Gasteiger partial charge in [0.1, 0.15) is 0 Å². The van der Waals surface area contributed by atoms with Gasteiger partial charge in [0, 0.05) is 11.5 Å². The minimum atomic E-state index is 0.832. The lowest BCUT2D eigenvalue weighted by molar-refractivity contribution is 1.40. The molecule has 1 rings (SSSR count). The Morgan fingerprint density at radius 3 is 2.57 bits per heavy atom. The van der Waals surface area contributed by atoms with Crippen molar-refractivity contribution < 1.29 is 0 Å². The van der Waals surface area contributed by atoms with Crippen LogP contribution in [-0.2, 0) is 0 Å². The summed E-state index contributed by atoms with van der Waals surface area (Å²) in [6, 6.07) is 0. The first-order chi connectivity index (χ1) is 3.39. The Balaban J connectivity index is 2.12. The van der Waals surface area contributed by atoms with Crippen LogP contribution in [0.1, 0.15) is 6.92 Å². The second-order valence-corrected chi connectivity index (χ2v) is 5.93. The van der Waals surface area contributed by atoms with Crippen LogP contribution in [0.5, 0.6) is 0 Å². The number of thioether (sulfide) groups is 1. The van der Waals surface area contributed by atoms with E-state index in [1.165, 1.54) is 11.5 Å². The summed E-state index contributed by atoms with van der Waals surface area (Å²) in [6.45, 7) is 2.27. The minimum Gasteiger partial charge on any atom is -0.146 e. The van der Waals surface area contributed by atoms with Gasteiger partial charge < -0.3 is 0 Å². The molecule has 1 saturated heterocycles. The van der Waals surface area contributed by atoms with Crippen LogP contribution in [0, 0.1) is 0 Å². The zero-order valence-corrected chi connectivity index (χ0v) is 6.67. The molecule has 1 aliphatic rings. The maximum Gasteiger partial charge on any atom is 0.0578 e. The fraction of sp³-hybridized carbons (Fsp3) is 1.00. The lowest BCUT2D eigenvalue weighted by Gasteiger charge is -2.14. The monoisotopic (exact) mass is 152 g/mol. The average molecular weight is 152 g/mol. The first-order valence-electron chi connectivity index (χ1n) is 2.29. The maximum atomic E-state index is 2.27. The first-order valence-corrected chi connectivity index (χ1v) is 5.72. The highest BCUT2D eigenvalue weighted by atomic mass is 33.1. The van der Waals surface area contributed by atoms with E-state index >= 15 is 0 Å². The molecule has 1 fully saturated rings. The van der Waals surface area contributed by atoms with Crippen LogP contribution >= 0.6 is 33.3 Å². The standard InChI is InChI=1S/C4H8S3/c1-4-5-2-3-6-7-4/h4H,2-3H2,1H3. The quantitative estimate of drug-likeness (QED) is 0.489. The molecular weight excluding hydrogens is 144 g/mol. The van der Waals surface area contributed by atoms with Crippen molar-refractivity contribution in [2.75, 3.05) is 11.5 Å². The summed E-state index contributed by atoms with van der Waals surface area (Å²) in [6.07, 6.45) is 0. The van der Waals surface area contributed by atoms with E-state index in [9.17, 15) is 0 Å². The van der Waals surface area contributed by atoms with Crippen molar-refractivity contribution in [1.82, 2.24) is 0 Å². The smallest absolute Gasteiger partial charge is 0.0578 e. The molecule has 1 heterocycles. The molecular formula is C4H8S3. The summed E-state index contributed by atoms with van der Waals surface area (Å²) in [7, 11) is 4.00. The van der Waals surface area contributed by atoms with E-state index in [-0.39, 0.29) is 0 Å². The molecule has 1 aliphatic heterocycles. The summed E-state index contributed by atoms with van der Waals surface area (Å²) >= 11 is 2.06. The number of rotatable bonds is 0. The molecule has 0 spiro atoms. The van der Waals surface area contributed by atoms with Crippen molar-refractivity contribution in [3.05, 3.63) is 0 Å². The number of hydrogen-bond donors (Lipinski definition) is 0. The highest BCUT2D eigenvalue weighted by Gasteiger charge is 2.07. The second-order valence-electron chi connectivity index (χ2n) is 1.36. The van der Waals surface area contributed by atoms with E-state index in [2.05, 4.69) is 18.7 Å². The molecule has 7 heavy (non-hydrogen) atoms. The van der Waals surface area contributed by atoms with Crippen LogP contribution in [-0.4, -0.2) is 16.1 Å². The first kappa shape index (κ1) is 6.17. The van der Waals surface area contributed by atoms with E-state index in [1.807, 2.05) is 21.6 Å². The third-order valence-electron chi connectivity index (χ3n) is 0.723. The Labute approximate surface area is 56.6 Å². The Morgan fingerprint density at radius 1 is 1.43 bits per heavy atom. The van der Waals surface area contributed by atoms with E-state index in [0.717, 1.165) is 4.58 Å². The van der Waals surface area contributed by atoms with E-state index in [0.29, 0.717) is 0 Å². The predicted octanol–water partition coefficient (Wildman–Crippen LogP) is 2.46. The van der Waals surface area contributed by atoms with Crippen molar-refractivity contribution >= 4 is 33.3 Å². The Morgan fingerprint density at radius 2 is 2.29 bits per heavy atom. The number of hydrogen-bond acceptors (Lipinski definition) is 3. The van der Waals surface area contributed by atoms with Gasteiger partial charge in [0.25, 0.3) is 0 Å². The highest BCUT2D eigenvalue weighted by Crippen LogP contribution is 2.38. The van der Waals surface area contributed by atoms with Crippen LogP contribution < -0.4 is 0 Å². The predicted molar refractivity (Wildman–Crippen MR) is 42.0 cm³/mol. The van der Waals surface area contributed by atoms with Gasteiger partial charge in [-0.15, -0.1) is 11.8 Å². The lowest BCUT2D eigenvalue weighted by Crippen LogP contribution is -1.96. The molecule has 0 saturated carbocycles. The molecule has 0 aromatic carbocycles. The van der Waals surface area contributed by atoms with Crippen LogP contribution in [0.3, 0.4) is 0 Å². The fourth-order valence-corrected chi connectivity index (χ4v) is 4.68. The Bertz CT molecular complexity index is 48.9. The molecule has 0 aliphatic carbocycles. The van der Waals surface area contributed by atoms with E-state index < -0.39 is 0 Å². The van der Waals surface area contributed by atoms with Gasteiger partial charge in [-0.2, -0.15) is 0 Å². The van der Waals surface area contributed by atoms with Gasteiger partial charge in [-0.05, 0) is 6.92 Å². The molecule has 0 N–H and O–H groups in total. The van der Waals surface area contributed by atoms with Gasteiger partial charge >= 0.3 is 0 Å². The average Bonchev–Trinajstić information content (AvgIpc) is 1.69. The van der Waals surface area contributed by atoms with Crippen molar-refractivity contribution in [3.8, 4) is 0 Å². The van der Waals surface area contributed by atoms with Gasteiger partial charge in [-0.25, -0.2) is 0 Å². The highest BCUT2D eigenvalue weighted by molar-refractivity contribution is 8.79. The van der Waals surface area contributed by atoms with Gasteiger partial charge in [0.05, 0.1) is 4.58 Å². The Kier molecular flexibility index (Phi) is 2.78. The van der Waals surface area contributed by atoms with Gasteiger partial charge in [-0.1, -0.05) is 21.6 Å². The molecule has 42 valence electrons. The SMILES string of the molecule is CC1SCCSS1. The van der Waals surface area contributed by atoms with E-state index in [4.69, 9.17) is 0 Å². The molecule has 0 radical (unpaired) electrons. The molecule has 0 amide bonds. The topological polar surface area (TPSA) is 0 Å². The van der Waals surface area contributed by atoms with Crippen molar-refractivity contribution in [2.24, 2.45) is 0 Å². The zero-order valence-electron chi connectivity index (χ0n) is 4.22. The minimum absolute atomic E-state index is 0.832. The van der Waals surface area contributed by atoms with Gasteiger partial charge in [-0.3, -0.25) is 0 Å². The third kappa shape index (κ3) is 2.20. The fourth-order valence-electron chi connectivity index (χ4n) is 0.420. The molecule has 0 aromatic heterocycles. The van der Waals surface area contributed by atoms with Crippen LogP contribution in [0.2, 0.25) is 0 Å². The molecule has 0 aromatic rings. The summed E-state index contributed by atoms with van der Waals surface area (Å²) in [4.78, 5) is 0. The molecule has 0 nitrogen and oxygen atoms in total.